The van der Waals surface area contributed by atoms with Gasteiger partial charge in [-0.1, -0.05) is 189 Å². The van der Waals surface area contributed by atoms with E-state index in [9.17, 15) is 0 Å². The van der Waals surface area contributed by atoms with E-state index in [1.54, 1.807) is 0 Å². The normalized spacial score (nSPS) is 18.8. The summed E-state index contributed by atoms with van der Waals surface area (Å²) in [6.45, 7) is 30.0. The van der Waals surface area contributed by atoms with Crippen LogP contribution in [0.5, 0.6) is 0 Å². The zero-order valence-electron chi connectivity index (χ0n) is 33.9. The minimum atomic E-state index is -0.724. The monoisotopic (exact) mass is 1030 g/mol. The summed E-state index contributed by atoms with van der Waals surface area (Å²) in [6, 6.07) is 0. The van der Waals surface area contributed by atoms with Crippen LogP contribution in [-0.2, 0) is 44.8 Å². The summed E-state index contributed by atoms with van der Waals surface area (Å²) in [5, 5.41) is 0. The molecule has 6 heteroatoms. The Kier molecular flexibility index (Phi) is 44.5. The Morgan fingerprint density at radius 1 is 0.295 bits per heavy atom. The van der Waals surface area contributed by atoms with E-state index in [1.165, 1.54) is 103 Å². The fourth-order valence-corrected chi connectivity index (χ4v) is 15.7. The summed E-state index contributed by atoms with van der Waals surface area (Å²) in [5.74, 6) is 0. The molecule has 2 radical (unpaired) electrons. The van der Waals surface area contributed by atoms with E-state index in [0.717, 1.165) is 22.2 Å². The molecule has 279 valence electrons. The van der Waals surface area contributed by atoms with Crippen molar-refractivity contribution < 1.29 is 44.8 Å². The van der Waals surface area contributed by atoms with Crippen LogP contribution in [0.15, 0.2) is 0 Å². The van der Waals surface area contributed by atoms with Crippen LogP contribution in [0, 0.1) is 37.1 Å². The van der Waals surface area contributed by atoms with Crippen molar-refractivity contribution in [2.75, 3.05) is 0 Å². The zero-order valence-corrected chi connectivity index (χ0v) is 47.1. The molecule has 4 saturated carbocycles. The van der Waals surface area contributed by atoms with Gasteiger partial charge in [0.2, 0.25) is 0 Å². The van der Waals surface area contributed by atoms with Crippen molar-refractivity contribution in [1.29, 1.82) is 0 Å². The molecule has 0 heterocycles. The first-order valence-corrected chi connectivity index (χ1v) is 30.7. The Morgan fingerprint density at radius 2 is 0.386 bits per heavy atom. The van der Waals surface area contributed by atoms with Gasteiger partial charge in [-0.3, -0.25) is 0 Å². The first-order valence-electron chi connectivity index (χ1n) is 16.4. The zero-order chi connectivity index (χ0) is 27.6. The second kappa shape index (κ2) is 30.2. The molecule has 0 saturated heterocycles. The van der Waals surface area contributed by atoms with Gasteiger partial charge in [-0.15, -0.1) is 0 Å². The van der Waals surface area contributed by atoms with Gasteiger partial charge in [0.1, 0.15) is 0 Å². The third kappa shape index (κ3) is 28.2. The maximum absolute atomic E-state index is 2.50. The van der Waals surface area contributed by atoms with Crippen molar-refractivity contribution in [3.05, 3.63) is 37.1 Å². The number of hydrogen-bond donors (Lipinski definition) is 0. The standard InChI is InChI=1S/4C8H18Si.CH4.5CH3.2Ta.5H/c4*1-9(2,3)8-6-4-5-7-8;;;;;;;;;;;;;/h4*8H,4-7H2,1-3H3;1H4;5*1H3;;;;;;;/q;;;;;5*-1;;;;;;;. The first kappa shape index (κ1) is 64.8. The van der Waals surface area contributed by atoms with Crippen molar-refractivity contribution in [2.24, 2.45) is 0 Å². The van der Waals surface area contributed by atoms with Crippen LogP contribution in [0.1, 0.15) is 110 Å². The molecule has 44 heavy (non-hydrogen) atoms. The van der Waals surface area contributed by atoms with E-state index >= 15 is 0 Å². The average molecular weight is 1030 g/mol. The number of rotatable bonds is 4. The third-order valence-corrected chi connectivity index (χ3v) is 22.4. The molecule has 0 spiro atoms. The molecule has 4 aliphatic carbocycles. The Labute approximate surface area is 322 Å². The van der Waals surface area contributed by atoms with Gasteiger partial charge >= 0.3 is 44.8 Å². The molecule has 0 aliphatic heterocycles. The molecule has 0 unspecified atom stereocenters. The first-order chi connectivity index (χ1) is 16.4. The van der Waals surface area contributed by atoms with Gasteiger partial charge in [0.25, 0.3) is 0 Å². The van der Waals surface area contributed by atoms with E-state index < -0.39 is 32.3 Å². The predicted octanol–water partition coefficient (Wildman–Crippen LogP) is 14.6. The van der Waals surface area contributed by atoms with Gasteiger partial charge in [0.15, 0.2) is 0 Å². The van der Waals surface area contributed by atoms with Crippen LogP contribution >= 0.6 is 0 Å². The Hall–Kier alpha value is 2.35. The van der Waals surface area contributed by atoms with Crippen molar-refractivity contribution >= 4 is 32.3 Å². The molecular formula is C38H96Si4Ta2-5. The quantitative estimate of drug-likeness (QED) is 0.194. The summed E-state index contributed by atoms with van der Waals surface area (Å²) in [5.41, 5.74) is 4.60. The van der Waals surface area contributed by atoms with Gasteiger partial charge in [0.05, 0.1) is 0 Å². The fourth-order valence-electron chi connectivity index (χ4n) is 7.17. The topological polar surface area (TPSA) is 0 Å². The van der Waals surface area contributed by atoms with Crippen LogP contribution in [0.2, 0.25) is 101 Å². The van der Waals surface area contributed by atoms with E-state index in [0.29, 0.717) is 0 Å². The molecule has 0 aromatic carbocycles. The molecule has 4 rings (SSSR count). The predicted molar refractivity (Wildman–Crippen MR) is 228 cm³/mol. The molecule has 4 fully saturated rings. The molecule has 4 aliphatic rings. The molecule has 0 aromatic heterocycles. The van der Waals surface area contributed by atoms with Gasteiger partial charge < -0.3 is 37.1 Å². The Balaban J connectivity index is -0.0000000617. The van der Waals surface area contributed by atoms with E-state index in [1.807, 2.05) is 0 Å². The summed E-state index contributed by atoms with van der Waals surface area (Å²) in [4.78, 5) is 0. The van der Waals surface area contributed by atoms with E-state index in [2.05, 4.69) is 78.6 Å². The molecule has 0 aromatic rings. The van der Waals surface area contributed by atoms with Crippen LogP contribution in [0.4, 0.5) is 0 Å². The van der Waals surface area contributed by atoms with Crippen LogP contribution in [0.3, 0.4) is 0 Å². The van der Waals surface area contributed by atoms with Gasteiger partial charge in [0, 0.05) is 32.3 Å². The summed E-state index contributed by atoms with van der Waals surface area (Å²) < 4.78 is 0. The van der Waals surface area contributed by atoms with Gasteiger partial charge in [-0.2, -0.15) is 0 Å². The van der Waals surface area contributed by atoms with Gasteiger partial charge in [-0.05, 0) is 22.2 Å². The fraction of sp³-hybridized carbons (Fsp3) is 0.868. The Bertz CT molecular complexity index is 458. The van der Waals surface area contributed by atoms with E-state index in [-0.39, 0.29) is 89.3 Å². The molecule has 0 bridgehead atoms. The van der Waals surface area contributed by atoms with Crippen LogP contribution in [0.25, 0.3) is 0 Å². The molecule has 0 nitrogen and oxygen atoms in total. The van der Waals surface area contributed by atoms with Crippen molar-refractivity contribution in [1.82, 2.24) is 0 Å². The van der Waals surface area contributed by atoms with Crippen molar-refractivity contribution in [3.8, 4) is 0 Å². The number of hydrogen-bond acceptors (Lipinski definition) is 0. The summed E-state index contributed by atoms with van der Waals surface area (Å²) in [7, 11) is -2.90. The van der Waals surface area contributed by atoms with Crippen LogP contribution < -0.4 is 0 Å². The maximum atomic E-state index is 2.50. The Morgan fingerprint density at radius 3 is 0.432 bits per heavy atom. The summed E-state index contributed by atoms with van der Waals surface area (Å²) >= 11 is 0. The second-order valence-electron chi connectivity index (χ2n) is 17.4. The molecule has 0 N–H and O–H groups in total. The average Bonchev–Trinajstić information content (AvgIpc) is 3.57. The molecule has 0 atom stereocenters. The van der Waals surface area contributed by atoms with Crippen molar-refractivity contribution in [2.45, 2.75) is 211 Å². The second-order valence-corrected chi connectivity index (χ2v) is 39.6. The third-order valence-electron chi connectivity index (χ3n) is 10.3. The molecular weight excluding hydrogens is 931 g/mol. The van der Waals surface area contributed by atoms with Crippen LogP contribution in [-0.4, -0.2) is 32.3 Å². The summed E-state index contributed by atoms with van der Waals surface area (Å²) in [6.07, 6.45) is 24.4. The van der Waals surface area contributed by atoms with Crippen molar-refractivity contribution in [3.63, 3.8) is 0 Å². The van der Waals surface area contributed by atoms with E-state index in [4.69, 9.17) is 0 Å². The minimum absolute atomic E-state index is 0. The molecule has 0 amide bonds. The SMILES string of the molecule is C.C[Si](C)(C)C1CCCC1.C[Si](C)(C)C1CCCC1.C[Si](C)(C)C1CCCC1.C[Si](C)(C)C1CCCC1.[CH3-].[CH3-].[CH3-].[CH3-].[CH3-].[TaH2].[TaH3]. The van der Waals surface area contributed by atoms with Gasteiger partial charge in [-0.25, -0.2) is 0 Å².